The van der Waals surface area contributed by atoms with Crippen molar-refractivity contribution in [2.75, 3.05) is 0 Å². The van der Waals surface area contributed by atoms with Crippen LogP contribution < -0.4 is 5.32 Å². The molecule has 0 bridgehead atoms. The van der Waals surface area contributed by atoms with Gasteiger partial charge in [0.1, 0.15) is 11.5 Å². The summed E-state index contributed by atoms with van der Waals surface area (Å²) in [6, 6.07) is 14.6. The summed E-state index contributed by atoms with van der Waals surface area (Å²) in [5.41, 5.74) is 0.920. The van der Waals surface area contributed by atoms with Crippen molar-refractivity contribution in [3.63, 3.8) is 0 Å². The molecular weight excluding hydrogens is 358 g/mol. The maximum absolute atomic E-state index is 11.9. The first-order valence-electron chi connectivity index (χ1n) is 7.80. The fourth-order valence-electron chi connectivity index (χ4n) is 2.30. The quantitative estimate of drug-likeness (QED) is 0.596. The average molecular weight is 374 g/mol. The van der Waals surface area contributed by atoms with Gasteiger partial charge in [-0.2, -0.15) is 0 Å². The lowest BCUT2D eigenvalue weighted by atomic mass is 10.2. The van der Waals surface area contributed by atoms with Crippen LogP contribution in [0, 0.1) is 0 Å². The van der Waals surface area contributed by atoms with E-state index >= 15 is 0 Å². The zero-order valence-electron chi connectivity index (χ0n) is 13.3. The molecule has 0 atom stereocenters. The Morgan fingerprint density at radius 3 is 2.56 bits per heavy atom. The number of furan rings is 1. The third-order valence-corrected chi connectivity index (χ3v) is 4.79. The van der Waals surface area contributed by atoms with Crippen LogP contribution in [0.5, 0.6) is 0 Å². The molecule has 2 heterocycles. The Bertz CT molecular complexity index is 853. The van der Waals surface area contributed by atoms with Crippen molar-refractivity contribution in [1.82, 2.24) is 5.32 Å². The predicted molar refractivity (Wildman–Crippen MR) is 98.9 cm³/mol. The van der Waals surface area contributed by atoms with Crippen molar-refractivity contribution in [1.29, 1.82) is 0 Å². The third kappa shape index (κ3) is 4.81. The number of ketones is 1. The van der Waals surface area contributed by atoms with Crippen LogP contribution in [0.3, 0.4) is 0 Å². The predicted octanol–water partition coefficient (Wildman–Crippen LogP) is 4.94. The highest BCUT2D eigenvalue weighted by atomic mass is 35.5. The fraction of sp³-hybridized carbons (Fsp3) is 0.158. The highest BCUT2D eigenvalue weighted by Crippen LogP contribution is 2.23. The Hall–Kier alpha value is -2.37. The summed E-state index contributed by atoms with van der Waals surface area (Å²) in [6.45, 7) is 0.291. The van der Waals surface area contributed by atoms with Gasteiger partial charge in [0, 0.05) is 23.4 Å². The topological polar surface area (TPSA) is 59.3 Å². The van der Waals surface area contributed by atoms with Gasteiger partial charge in [-0.3, -0.25) is 9.59 Å². The maximum atomic E-state index is 11.9. The van der Waals surface area contributed by atoms with Gasteiger partial charge >= 0.3 is 0 Å². The van der Waals surface area contributed by atoms with Crippen LogP contribution in [0.2, 0.25) is 5.02 Å². The van der Waals surface area contributed by atoms with Gasteiger partial charge in [0.15, 0.2) is 5.78 Å². The molecule has 0 aliphatic rings. The fourth-order valence-corrected chi connectivity index (χ4v) is 3.12. The first-order valence-corrected chi connectivity index (χ1v) is 9.05. The molecule has 128 valence electrons. The van der Waals surface area contributed by atoms with E-state index in [9.17, 15) is 9.59 Å². The van der Waals surface area contributed by atoms with Crippen LogP contribution >= 0.6 is 22.9 Å². The number of hydrogen-bond acceptors (Lipinski definition) is 4. The Labute approximate surface area is 154 Å². The van der Waals surface area contributed by atoms with Gasteiger partial charge < -0.3 is 9.73 Å². The Kier molecular flexibility index (Phi) is 5.68. The van der Waals surface area contributed by atoms with E-state index in [0.29, 0.717) is 28.0 Å². The van der Waals surface area contributed by atoms with E-state index in [-0.39, 0.29) is 24.5 Å². The van der Waals surface area contributed by atoms with Crippen LogP contribution in [0.25, 0.3) is 11.3 Å². The van der Waals surface area contributed by atoms with E-state index in [0.717, 1.165) is 5.56 Å². The average Bonchev–Trinajstić information content (AvgIpc) is 3.30. The molecule has 0 aliphatic carbocycles. The van der Waals surface area contributed by atoms with Gasteiger partial charge in [-0.15, -0.1) is 11.3 Å². The molecule has 0 spiro atoms. The molecule has 6 heteroatoms. The van der Waals surface area contributed by atoms with Crippen LogP contribution in [0.4, 0.5) is 0 Å². The second-order valence-corrected chi connectivity index (χ2v) is 6.83. The summed E-state index contributed by atoms with van der Waals surface area (Å²) >= 11 is 7.26. The maximum Gasteiger partial charge on any atom is 0.220 e. The zero-order valence-corrected chi connectivity index (χ0v) is 14.9. The molecule has 0 saturated carbocycles. The standard InChI is InChI=1S/C19H16ClNO3S/c20-14-5-3-13(4-6-14)17-9-7-15(24-17)12-21-19(23)10-8-16(22)18-2-1-11-25-18/h1-7,9,11H,8,10,12H2,(H,21,23). The van der Waals surface area contributed by atoms with E-state index in [4.69, 9.17) is 16.0 Å². The summed E-state index contributed by atoms with van der Waals surface area (Å²) in [5, 5.41) is 5.29. The number of Topliss-reactive ketones (excluding diaryl/α,β-unsaturated/α-hetero) is 1. The van der Waals surface area contributed by atoms with Crippen molar-refractivity contribution < 1.29 is 14.0 Å². The summed E-state index contributed by atoms with van der Waals surface area (Å²) in [4.78, 5) is 24.4. The molecule has 0 unspecified atom stereocenters. The second-order valence-electron chi connectivity index (χ2n) is 5.45. The summed E-state index contributed by atoms with van der Waals surface area (Å²) in [7, 11) is 0. The van der Waals surface area contributed by atoms with E-state index in [1.165, 1.54) is 11.3 Å². The SMILES string of the molecule is O=C(CCC(=O)c1cccs1)NCc1ccc(-c2ccc(Cl)cc2)o1. The van der Waals surface area contributed by atoms with Crippen LogP contribution in [0.1, 0.15) is 28.3 Å². The van der Waals surface area contributed by atoms with E-state index < -0.39 is 0 Å². The van der Waals surface area contributed by atoms with Crippen molar-refractivity contribution in [3.05, 3.63) is 69.6 Å². The van der Waals surface area contributed by atoms with Gasteiger partial charge in [-0.1, -0.05) is 17.7 Å². The number of thiophene rings is 1. The van der Waals surface area contributed by atoms with Crippen LogP contribution in [-0.2, 0) is 11.3 Å². The molecule has 1 aromatic carbocycles. The molecule has 3 rings (SSSR count). The molecule has 25 heavy (non-hydrogen) atoms. The van der Waals surface area contributed by atoms with Gasteiger partial charge in [-0.25, -0.2) is 0 Å². The number of halogens is 1. The number of carbonyl (C=O) groups is 2. The summed E-state index contributed by atoms with van der Waals surface area (Å²) in [6.07, 6.45) is 0.377. The van der Waals surface area contributed by atoms with Gasteiger partial charge in [0.2, 0.25) is 5.91 Å². The lowest BCUT2D eigenvalue weighted by molar-refractivity contribution is -0.121. The lowest BCUT2D eigenvalue weighted by Gasteiger charge is -2.03. The molecule has 1 amide bonds. The minimum Gasteiger partial charge on any atom is -0.459 e. The van der Waals surface area contributed by atoms with Crippen LogP contribution in [0.15, 0.2) is 58.3 Å². The largest absolute Gasteiger partial charge is 0.459 e. The zero-order chi connectivity index (χ0) is 17.6. The van der Waals surface area contributed by atoms with Crippen molar-refractivity contribution in [2.24, 2.45) is 0 Å². The van der Waals surface area contributed by atoms with Crippen molar-refractivity contribution in [2.45, 2.75) is 19.4 Å². The number of amides is 1. The Morgan fingerprint density at radius 2 is 1.84 bits per heavy atom. The molecule has 2 aromatic heterocycles. The monoisotopic (exact) mass is 373 g/mol. The molecular formula is C19H16ClNO3S. The minimum absolute atomic E-state index is 0.00632. The first-order chi connectivity index (χ1) is 12.1. The van der Waals surface area contributed by atoms with Gasteiger partial charge in [0.05, 0.1) is 11.4 Å². The number of nitrogens with one attached hydrogen (secondary N) is 1. The number of rotatable bonds is 7. The third-order valence-electron chi connectivity index (χ3n) is 3.63. The smallest absolute Gasteiger partial charge is 0.220 e. The van der Waals surface area contributed by atoms with E-state index in [1.54, 1.807) is 18.2 Å². The Morgan fingerprint density at radius 1 is 1.04 bits per heavy atom. The molecule has 1 N–H and O–H groups in total. The van der Waals surface area contributed by atoms with Crippen molar-refractivity contribution >= 4 is 34.6 Å². The van der Waals surface area contributed by atoms with E-state index in [2.05, 4.69) is 5.32 Å². The summed E-state index contributed by atoms with van der Waals surface area (Å²) in [5.74, 6) is 1.19. The highest BCUT2D eigenvalue weighted by Gasteiger charge is 2.11. The molecule has 4 nitrogen and oxygen atoms in total. The van der Waals surface area contributed by atoms with Gasteiger partial charge in [-0.05, 0) is 47.8 Å². The normalized spacial score (nSPS) is 10.6. The molecule has 3 aromatic rings. The number of benzene rings is 1. The highest BCUT2D eigenvalue weighted by molar-refractivity contribution is 7.12. The Balaban J connectivity index is 1.48. The summed E-state index contributed by atoms with van der Waals surface area (Å²) < 4.78 is 5.72. The minimum atomic E-state index is -0.172. The van der Waals surface area contributed by atoms with E-state index in [1.807, 2.05) is 35.7 Å². The number of hydrogen-bond donors (Lipinski definition) is 1. The lowest BCUT2D eigenvalue weighted by Crippen LogP contribution is -2.22. The molecule has 0 aliphatic heterocycles. The first kappa shape index (κ1) is 17.5. The molecule has 0 radical (unpaired) electrons. The van der Waals surface area contributed by atoms with Crippen molar-refractivity contribution in [3.8, 4) is 11.3 Å². The molecule has 0 saturated heterocycles. The number of carbonyl (C=O) groups excluding carboxylic acids is 2. The van der Waals surface area contributed by atoms with Gasteiger partial charge in [0.25, 0.3) is 0 Å². The molecule has 0 fully saturated rings. The second kappa shape index (κ2) is 8.14. The van der Waals surface area contributed by atoms with Crippen LogP contribution in [-0.4, -0.2) is 11.7 Å².